The van der Waals surface area contributed by atoms with Gasteiger partial charge in [-0.1, -0.05) is 19.1 Å². The molecular weight excluding hydrogens is 244 g/mol. The van der Waals surface area contributed by atoms with Crippen molar-refractivity contribution in [2.24, 2.45) is 23.7 Å². The standard InChI is InChI=1S/C15H22O4/c1-8-3-4-11-12(8)13-10(9(2)14(17)19-13)5-6-15(11,18)7-16/h9-13,16,18H,1,3-7H2,2H3/t9-,10?,11-,12+,13+,15-/m1/s1. The highest BCUT2D eigenvalue weighted by atomic mass is 16.6. The number of fused-ring (bicyclic) bond motifs is 3. The highest BCUT2D eigenvalue weighted by molar-refractivity contribution is 5.75. The van der Waals surface area contributed by atoms with Gasteiger partial charge in [0, 0.05) is 17.8 Å². The van der Waals surface area contributed by atoms with Gasteiger partial charge in [0.05, 0.1) is 18.1 Å². The van der Waals surface area contributed by atoms with E-state index in [1.807, 2.05) is 6.92 Å². The van der Waals surface area contributed by atoms with Crippen molar-refractivity contribution in [3.05, 3.63) is 12.2 Å². The molecule has 6 atom stereocenters. The number of hydrogen-bond acceptors (Lipinski definition) is 4. The maximum atomic E-state index is 11.8. The zero-order valence-corrected chi connectivity index (χ0v) is 11.3. The molecular formula is C15H22O4. The molecule has 0 aromatic carbocycles. The molecule has 0 spiro atoms. The summed E-state index contributed by atoms with van der Waals surface area (Å²) in [5.41, 5.74) is 0.0243. The number of rotatable bonds is 1. The topological polar surface area (TPSA) is 66.8 Å². The van der Waals surface area contributed by atoms with Crippen molar-refractivity contribution < 1.29 is 19.7 Å². The molecule has 3 rings (SSSR count). The first-order chi connectivity index (χ1) is 8.98. The first kappa shape index (κ1) is 13.1. The van der Waals surface area contributed by atoms with E-state index in [2.05, 4.69) is 6.58 Å². The monoisotopic (exact) mass is 266 g/mol. The Balaban J connectivity index is 1.99. The van der Waals surface area contributed by atoms with E-state index in [0.717, 1.165) is 24.8 Å². The van der Waals surface area contributed by atoms with Gasteiger partial charge in [-0.15, -0.1) is 0 Å². The molecule has 2 saturated carbocycles. The van der Waals surface area contributed by atoms with E-state index >= 15 is 0 Å². The number of ether oxygens (including phenoxy) is 1. The first-order valence-electron chi connectivity index (χ1n) is 7.19. The molecule has 2 N–H and O–H groups in total. The molecule has 0 aromatic heterocycles. The summed E-state index contributed by atoms with van der Waals surface area (Å²) in [6, 6.07) is 0. The van der Waals surface area contributed by atoms with E-state index in [0.29, 0.717) is 6.42 Å². The molecule has 0 bridgehead atoms. The highest BCUT2D eigenvalue weighted by Gasteiger charge is 2.57. The summed E-state index contributed by atoms with van der Waals surface area (Å²) in [5, 5.41) is 20.3. The maximum Gasteiger partial charge on any atom is 0.309 e. The molecule has 0 aromatic rings. The predicted octanol–water partition coefficient (Wildman–Crippen LogP) is 1.26. The van der Waals surface area contributed by atoms with Crippen LogP contribution in [0.1, 0.15) is 32.6 Å². The van der Waals surface area contributed by atoms with Gasteiger partial charge in [-0.2, -0.15) is 0 Å². The minimum atomic E-state index is -1.04. The fourth-order valence-electron chi connectivity index (χ4n) is 4.38. The minimum absolute atomic E-state index is 0.0125. The number of carbonyl (C=O) groups is 1. The molecule has 4 nitrogen and oxygen atoms in total. The number of aliphatic hydroxyl groups excluding tert-OH is 1. The van der Waals surface area contributed by atoms with Crippen LogP contribution < -0.4 is 0 Å². The fraction of sp³-hybridized carbons (Fsp3) is 0.800. The molecule has 1 unspecified atom stereocenters. The predicted molar refractivity (Wildman–Crippen MR) is 69.2 cm³/mol. The van der Waals surface area contributed by atoms with E-state index in [-0.39, 0.29) is 42.4 Å². The normalized spacial score (nSPS) is 49.5. The Morgan fingerprint density at radius 3 is 2.89 bits per heavy atom. The summed E-state index contributed by atoms with van der Waals surface area (Å²) >= 11 is 0. The van der Waals surface area contributed by atoms with Crippen LogP contribution in [0, 0.1) is 23.7 Å². The van der Waals surface area contributed by atoms with E-state index in [1.54, 1.807) is 0 Å². The van der Waals surface area contributed by atoms with Crippen LogP contribution in [0.15, 0.2) is 12.2 Å². The second-order valence-electron chi connectivity index (χ2n) is 6.48. The number of hydrogen-bond donors (Lipinski definition) is 2. The Hall–Kier alpha value is -0.870. The van der Waals surface area contributed by atoms with Crippen molar-refractivity contribution in [2.75, 3.05) is 6.61 Å². The lowest BCUT2D eigenvalue weighted by Gasteiger charge is -2.35. The van der Waals surface area contributed by atoms with Gasteiger partial charge in [0.15, 0.2) is 0 Å². The Morgan fingerprint density at radius 1 is 1.47 bits per heavy atom. The molecule has 3 aliphatic rings. The van der Waals surface area contributed by atoms with Gasteiger partial charge < -0.3 is 14.9 Å². The molecule has 1 aliphatic heterocycles. The van der Waals surface area contributed by atoms with Crippen LogP contribution in [0.4, 0.5) is 0 Å². The van der Waals surface area contributed by atoms with E-state index < -0.39 is 5.60 Å². The lowest BCUT2D eigenvalue weighted by Crippen LogP contribution is -2.44. The zero-order chi connectivity index (χ0) is 13.8. The van der Waals surface area contributed by atoms with Crippen molar-refractivity contribution >= 4 is 5.97 Å². The largest absolute Gasteiger partial charge is 0.461 e. The smallest absolute Gasteiger partial charge is 0.309 e. The highest BCUT2D eigenvalue weighted by Crippen LogP contribution is 2.53. The molecule has 19 heavy (non-hydrogen) atoms. The van der Waals surface area contributed by atoms with Crippen molar-refractivity contribution in [2.45, 2.75) is 44.3 Å². The molecule has 1 heterocycles. The number of esters is 1. The number of aliphatic hydroxyl groups is 2. The Bertz CT molecular complexity index is 418. The fourth-order valence-corrected chi connectivity index (χ4v) is 4.38. The second kappa shape index (κ2) is 4.32. The second-order valence-corrected chi connectivity index (χ2v) is 6.48. The molecule has 106 valence electrons. The molecule has 3 fully saturated rings. The van der Waals surface area contributed by atoms with Crippen LogP contribution in [-0.2, 0) is 9.53 Å². The average molecular weight is 266 g/mol. The van der Waals surface area contributed by atoms with Crippen LogP contribution in [0.2, 0.25) is 0 Å². The lowest BCUT2D eigenvalue weighted by atomic mass is 9.77. The van der Waals surface area contributed by atoms with Crippen molar-refractivity contribution in [3.63, 3.8) is 0 Å². The van der Waals surface area contributed by atoms with Crippen LogP contribution in [0.5, 0.6) is 0 Å². The summed E-state index contributed by atoms with van der Waals surface area (Å²) in [7, 11) is 0. The van der Waals surface area contributed by atoms with Gasteiger partial charge in [-0.25, -0.2) is 0 Å². The van der Waals surface area contributed by atoms with Crippen LogP contribution >= 0.6 is 0 Å². The molecule has 0 radical (unpaired) electrons. The maximum absolute atomic E-state index is 11.8. The Kier molecular flexibility index (Phi) is 2.98. The van der Waals surface area contributed by atoms with Gasteiger partial charge in [0.25, 0.3) is 0 Å². The molecule has 1 saturated heterocycles. The van der Waals surface area contributed by atoms with E-state index in [9.17, 15) is 15.0 Å². The van der Waals surface area contributed by atoms with Gasteiger partial charge in [-0.05, 0) is 25.7 Å². The van der Waals surface area contributed by atoms with Crippen molar-refractivity contribution in [1.29, 1.82) is 0 Å². The Labute approximate surface area is 113 Å². The molecule has 4 heteroatoms. The Morgan fingerprint density at radius 2 is 2.21 bits per heavy atom. The summed E-state index contributed by atoms with van der Waals surface area (Å²) in [6.07, 6.45) is 2.81. The third-order valence-electron chi connectivity index (χ3n) is 5.60. The van der Waals surface area contributed by atoms with Gasteiger partial charge in [0.2, 0.25) is 0 Å². The van der Waals surface area contributed by atoms with E-state index in [4.69, 9.17) is 4.74 Å². The first-order valence-corrected chi connectivity index (χ1v) is 7.19. The average Bonchev–Trinajstić information content (AvgIpc) is 2.86. The van der Waals surface area contributed by atoms with Gasteiger partial charge in [-0.3, -0.25) is 4.79 Å². The molecule has 0 amide bonds. The summed E-state index contributed by atoms with van der Waals surface area (Å²) < 4.78 is 5.59. The lowest BCUT2D eigenvalue weighted by molar-refractivity contribution is -0.147. The third kappa shape index (κ3) is 1.77. The van der Waals surface area contributed by atoms with E-state index in [1.165, 1.54) is 0 Å². The summed E-state index contributed by atoms with van der Waals surface area (Å²) in [5.74, 6) is -0.102. The quantitative estimate of drug-likeness (QED) is 0.554. The molecule has 2 aliphatic carbocycles. The zero-order valence-electron chi connectivity index (χ0n) is 11.3. The van der Waals surface area contributed by atoms with Crippen molar-refractivity contribution in [3.8, 4) is 0 Å². The van der Waals surface area contributed by atoms with Crippen molar-refractivity contribution in [1.82, 2.24) is 0 Å². The third-order valence-corrected chi connectivity index (χ3v) is 5.60. The minimum Gasteiger partial charge on any atom is -0.461 e. The van der Waals surface area contributed by atoms with Crippen LogP contribution in [0.25, 0.3) is 0 Å². The number of carbonyl (C=O) groups excluding carboxylic acids is 1. The van der Waals surface area contributed by atoms with Gasteiger partial charge >= 0.3 is 5.97 Å². The van der Waals surface area contributed by atoms with Crippen LogP contribution in [-0.4, -0.2) is 34.5 Å². The van der Waals surface area contributed by atoms with Gasteiger partial charge in [0.1, 0.15) is 6.10 Å². The SMILES string of the molecule is C=C1CC[C@@H]2[C@H]1[C@H]1OC(=O)[C@H](C)C1CC[C@@]2(O)CO. The summed E-state index contributed by atoms with van der Waals surface area (Å²) in [4.78, 5) is 11.8. The summed E-state index contributed by atoms with van der Waals surface area (Å²) in [6.45, 7) is 5.79. The van der Waals surface area contributed by atoms with Crippen LogP contribution in [0.3, 0.4) is 0 Å².